The number of carbonyl (C=O) groups excluding carboxylic acids is 2. The Hall–Kier alpha value is -3.21. The van der Waals surface area contributed by atoms with Crippen molar-refractivity contribution >= 4 is 40.8 Å². The molecule has 2 amide bonds. The topological polar surface area (TPSA) is 85.7 Å². The van der Waals surface area contributed by atoms with Crippen molar-refractivity contribution in [2.24, 2.45) is 7.05 Å². The Labute approximate surface area is 223 Å². The number of nitrogens with one attached hydrogen (secondary N) is 2. The number of rotatable bonds is 10. The predicted molar refractivity (Wildman–Crippen MR) is 145 cm³/mol. The van der Waals surface area contributed by atoms with E-state index < -0.39 is 0 Å². The second kappa shape index (κ2) is 12.4. The van der Waals surface area contributed by atoms with Crippen molar-refractivity contribution in [1.82, 2.24) is 30.4 Å². The number of carbonyl (C=O) groups is 2. The molecule has 0 radical (unpaired) electrons. The third-order valence-corrected chi connectivity index (χ3v) is 6.60. The highest BCUT2D eigenvalue weighted by molar-refractivity contribution is 5.90. The summed E-state index contributed by atoms with van der Waals surface area (Å²) in [7, 11) is 3.60. The number of benzene rings is 2. The summed E-state index contributed by atoms with van der Waals surface area (Å²) in [5.74, 6) is -0.593. The predicted octanol–water partition coefficient (Wildman–Crippen LogP) is 2.36. The van der Waals surface area contributed by atoms with Crippen LogP contribution in [-0.2, 0) is 29.7 Å². The molecule has 4 rings (SSSR count). The third-order valence-electron chi connectivity index (χ3n) is 6.60. The molecule has 0 atom stereocenters. The molecule has 2 N–H and O–H groups in total. The van der Waals surface area contributed by atoms with E-state index in [2.05, 4.69) is 15.7 Å². The van der Waals surface area contributed by atoms with Crippen molar-refractivity contribution in [3.8, 4) is 0 Å². The molecule has 37 heavy (non-hydrogen) atoms. The van der Waals surface area contributed by atoms with Crippen molar-refractivity contribution in [1.29, 1.82) is 0 Å². The number of hydrogen-bond donors (Lipinski definition) is 2. The number of aryl methyl sites for hydroxylation is 2. The maximum atomic E-state index is 13.7. The van der Waals surface area contributed by atoms with Crippen LogP contribution < -0.4 is 15.5 Å². The van der Waals surface area contributed by atoms with Crippen LogP contribution >= 0.6 is 12.4 Å². The van der Waals surface area contributed by atoms with E-state index >= 15 is 0 Å². The lowest BCUT2D eigenvalue weighted by molar-refractivity contribution is -0.145. The highest BCUT2D eigenvalue weighted by atomic mass is 35.5. The lowest BCUT2D eigenvalue weighted by Gasteiger charge is -2.32. The third kappa shape index (κ3) is 6.57. The van der Waals surface area contributed by atoms with E-state index in [1.807, 2.05) is 42.9 Å². The van der Waals surface area contributed by atoms with Gasteiger partial charge in [0.1, 0.15) is 5.82 Å². The maximum absolute atomic E-state index is 13.7. The molecule has 2 heterocycles. The zero-order valence-electron chi connectivity index (χ0n) is 21.8. The number of likely N-dealkylation sites (N-methyl/N-ethyl adjacent to an activating group) is 2. The van der Waals surface area contributed by atoms with Gasteiger partial charge in [-0.3, -0.25) is 19.3 Å². The van der Waals surface area contributed by atoms with Crippen molar-refractivity contribution in [2.45, 2.75) is 26.9 Å². The molecule has 0 saturated carbocycles. The number of nitrogens with zero attached hydrogens (tertiary/aromatic N) is 5. The summed E-state index contributed by atoms with van der Waals surface area (Å²) in [5.41, 5.74) is 4.63. The molecule has 0 aliphatic carbocycles. The van der Waals surface area contributed by atoms with Crippen molar-refractivity contribution < 1.29 is 14.0 Å². The van der Waals surface area contributed by atoms with Gasteiger partial charge in [0.2, 0.25) is 5.91 Å². The van der Waals surface area contributed by atoms with E-state index in [0.29, 0.717) is 26.2 Å². The summed E-state index contributed by atoms with van der Waals surface area (Å²) in [5, 5.41) is 14.8. The molecule has 1 aromatic heterocycles. The van der Waals surface area contributed by atoms with Crippen LogP contribution in [0.15, 0.2) is 36.5 Å². The first-order valence-corrected chi connectivity index (χ1v) is 12.2. The fourth-order valence-corrected chi connectivity index (χ4v) is 4.54. The average molecular weight is 532 g/mol. The van der Waals surface area contributed by atoms with Crippen molar-refractivity contribution in [2.75, 3.05) is 44.7 Å². The minimum absolute atomic E-state index is 0. The lowest BCUT2D eigenvalue weighted by atomic mass is 10.1. The molecule has 0 unspecified atom stereocenters. The quantitative estimate of drug-likeness (QED) is 0.391. The van der Waals surface area contributed by atoms with Gasteiger partial charge in [-0.15, -0.1) is 12.4 Å². The molecule has 0 saturated heterocycles. The summed E-state index contributed by atoms with van der Waals surface area (Å²) in [6, 6.07) is 8.72. The smallest absolute Gasteiger partial charge is 0.256 e. The Kier molecular flexibility index (Phi) is 9.47. The number of halogens is 2. The van der Waals surface area contributed by atoms with Crippen molar-refractivity contribution in [3.63, 3.8) is 0 Å². The van der Waals surface area contributed by atoms with Crippen LogP contribution in [0, 0.1) is 12.7 Å². The number of aromatic nitrogens is 2. The molecular formula is C26H35ClFN7O2. The average Bonchev–Trinajstić information content (AvgIpc) is 3.43. The number of anilines is 1. The van der Waals surface area contributed by atoms with E-state index in [4.69, 9.17) is 0 Å². The summed E-state index contributed by atoms with van der Waals surface area (Å²) in [4.78, 5) is 28.0. The van der Waals surface area contributed by atoms with E-state index in [1.54, 1.807) is 29.0 Å². The van der Waals surface area contributed by atoms with Crippen LogP contribution in [0.4, 0.5) is 10.1 Å². The van der Waals surface area contributed by atoms with Gasteiger partial charge in [-0.2, -0.15) is 5.10 Å². The van der Waals surface area contributed by atoms with Crippen LogP contribution in [0.3, 0.4) is 0 Å². The summed E-state index contributed by atoms with van der Waals surface area (Å²) >= 11 is 0. The minimum atomic E-state index is -0.280. The molecule has 1 aliphatic rings. The first kappa shape index (κ1) is 28.4. The molecule has 0 spiro atoms. The van der Waals surface area contributed by atoms with Gasteiger partial charge in [0.25, 0.3) is 5.91 Å². The molecule has 0 bridgehead atoms. The number of fused-ring (bicyclic) bond motifs is 2. The molecule has 1 aliphatic heterocycles. The zero-order valence-corrected chi connectivity index (χ0v) is 22.6. The van der Waals surface area contributed by atoms with E-state index in [1.165, 1.54) is 12.1 Å². The second-order valence-electron chi connectivity index (χ2n) is 9.18. The standard InChI is InChI=1S/C26H34FN7O2.ClH/c1-5-28-8-9-29-25(35)16-33(23-12-20-13-30-31(3)24(20)10-18(23)2)17-26(36)32(4)34-14-19-6-7-22(27)11-21(19)15-34;/h6-7,10-13,28H,5,8-9,14-17H2,1-4H3,(H,29,35);1H. The van der Waals surface area contributed by atoms with E-state index in [0.717, 1.165) is 39.8 Å². The minimum Gasteiger partial charge on any atom is -0.353 e. The van der Waals surface area contributed by atoms with E-state index in [9.17, 15) is 14.0 Å². The number of hydrogen-bond acceptors (Lipinski definition) is 6. The van der Waals surface area contributed by atoms with Gasteiger partial charge in [0, 0.05) is 51.3 Å². The van der Waals surface area contributed by atoms with Gasteiger partial charge in [-0.25, -0.2) is 9.40 Å². The monoisotopic (exact) mass is 531 g/mol. The lowest BCUT2D eigenvalue weighted by Crippen LogP contribution is -2.48. The van der Waals surface area contributed by atoms with Crippen LogP contribution in [-0.4, -0.2) is 71.4 Å². The highest BCUT2D eigenvalue weighted by Crippen LogP contribution is 2.28. The van der Waals surface area contributed by atoms with Gasteiger partial charge in [0.15, 0.2) is 0 Å². The summed E-state index contributed by atoms with van der Waals surface area (Å²) < 4.78 is 15.5. The fourth-order valence-electron chi connectivity index (χ4n) is 4.54. The molecule has 0 fully saturated rings. The largest absolute Gasteiger partial charge is 0.353 e. The second-order valence-corrected chi connectivity index (χ2v) is 9.18. The van der Waals surface area contributed by atoms with Gasteiger partial charge in [-0.1, -0.05) is 13.0 Å². The molecular weight excluding hydrogens is 497 g/mol. The number of hydrazine groups is 1. The highest BCUT2D eigenvalue weighted by Gasteiger charge is 2.27. The first-order valence-electron chi connectivity index (χ1n) is 12.2. The van der Waals surface area contributed by atoms with Gasteiger partial charge >= 0.3 is 0 Å². The Morgan fingerprint density at radius 3 is 2.62 bits per heavy atom. The molecule has 9 nitrogen and oxygen atoms in total. The fraction of sp³-hybridized carbons (Fsp3) is 0.423. The Morgan fingerprint density at radius 1 is 1.11 bits per heavy atom. The first-order chi connectivity index (χ1) is 17.3. The zero-order chi connectivity index (χ0) is 25.8. The normalized spacial score (nSPS) is 12.8. The van der Waals surface area contributed by atoms with E-state index in [-0.39, 0.29) is 43.1 Å². The Balaban J connectivity index is 0.00000380. The number of amides is 2. The van der Waals surface area contributed by atoms with Crippen LogP contribution in [0.5, 0.6) is 0 Å². The van der Waals surface area contributed by atoms with Crippen molar-refractivity contribution in [3.05, 3.63) is 59.0 Å². The molecule has 2 aromatic carbocycles. The summed E-state index contributed by atoms with van der Waals surface area (Å²) in [6.45, 7) is 7.06. The Bertz CT molecular complexity index is 1270. The maximum Gasteiger partial charge on any atom is 0.256 e. The van der Waals surface area contributed by atoms with Gasteiger partial charge in [-0.05, 0) is 54.4 Å². The van der Waals surface area contributed by atoms with Gasteiger partial charge in [0.05, 0.1) is 24.8 Å². The molecule has 11 heteroatoms. The molecule has 200 valence electrons. The Morgan fingerprint density at radius 2 is 1.86 bits per heavy atom. The van der Waals surface area contributed by atoms with Crippen LogP contribution in [0.1, 0.15) is 23.6 Å². The summed E-state index contributed by atoms with van der Waals surface area (Å²) in [6.07, 6.45) is 1.78. The van der Waals surface area contributed by atoms with Gasteiger partial charge < -0.3 is 15.5 Å². The van der Waals surface area contributed by atoms with Crippen LogP contribution in [0.2, 0.25) is 0 Å². The SMILES string of the molecule is CCNCCNC(=O)CN(CC(=O)N(C)N1Cc2ccc(F)cc2C1)c1cc2cnn(C)c2cc1C.Cl. The van der Waals surface area contributed by atoms with Crippen LogP contribution in [0.25, 0.3) is 10.9 Å². The molecule has 3 aromatic rings.